The Morgan fingerprint density at radius 1 is 1.71 bits per heavy atom. The van der Waals surface area contributed by atoms with Crippen molar-refractivity contribution in [1.29, 1.82) is 0 Å². The van der Waals surface area contributed by atoms with Gasteiger partial charge < -0.3 is 10.2 Å². The molecule has 1 aliphatic heterocycles. The van der Waals surface area contributed by atoms with Gasteiger partial charge >= 0.3 is 0 Å². The van der Waals surface area contributed by atoms with Crippen LogP contribution in [0.15, 0.2) is 0 Å². The lowest BCUT2D eigenvalue weighted by Gasteiger charge is -2.29. The van der Waals surface area contributed by atoms with Crippen LogP contribution in [0.3, 0.4) is 0 Å². The lowest BCUT2D eigenvalue weighted by atomic mass is 9.98. The highest BCUT2D eigenvalue weighted by Gasteiger charge is 2.38. The highest BCUT2D eigenvalue weighted by atomic mass is 16.2. The van der Waals surface area contributed by atoms with Crippen molar-refractivity contribution in [2.75, 3.05) is 19.6 Å². The Labute approximate surface area is 85.9 Å². The van der Waals surface area contributed by atoms with Gasteiger partial charge in [-0.05, 0) is 33.2 Å². The largest absolute Gasteiger partial charge is 0.330 e. The van der Waals surface area contributed by atoms with Gasteiger partial charge in [-0.2, -0.15) is 0 Å². The minimum atomic E-state index is -0.382. The van der Waals surface area contributed by atoms with Gasteiger partial charge in [0.25, 0.3) is 0 Å². The molecule has 1 fully saturated rings. The molecule has 1 saturated heterocycles. The summed E-state index contributed by atoms with van der Waals surface area (Å²) in [6.07, 6.45) is 7.20. The zero-order valence-corrected chi connectivity index (χ0v) is 8.97. The van der Waals surface area contributed by atoms with Crippen molar-refractivity contribution >= 4 is 5.91 Å². The molecule has 0 aromatic rings. The molecule has 0 aromatic heterocycles. The van der Waals surface area contributed by atoms with E-state index >= 15 is 0 Å². The van der Waals surface area contributed by atoms with Crippen LogP contribution in [0.25, 0.3) is 0 Å². The minimum Gasteiger partial charge on any atom is -0.330 e. The minimum absolute atomic E-state index is 0.135. The Balaban J connectivity index is 2.67. The van der Waals surface area contributed by atoms with Crippen LogP contribution in [0.4, 0.5) is 0 Å². The molecule has 3 nitrogen and oxygen atoms in total. The monoisotopic (exact) mass is 194 g/mol. The summed E-state index contributed by atoms with van der Waals surface area (Å²) in [4.78, 5) is 13.8. The number of rotatable bonds is 3. The lowest BCUT2D eigenvalue weighted by molar-refractivity contribution is -0.136. The summed E-state index contributed by atoms with van der Waals surface area (Å²) in [6, 6.07) is 0. The fraction of sp³-hybridized carbons (Fsp3) is 0.727. The number of amides is 1. The second-order valence-corrected chi connectivity index (χ2v) is 3.89. The van der Waals surface area contributed by atoms with Crippen LogP contribution in [0, 0.1) is 12.3 Å². The van der Waals surface area contributed by atoms with Crippen LogP contribution < -0.4 is 5.32 Å². The van der Waals surface area contributed by atoms with Crippen molar-refractivity contribution in [3.63, 3.8) is 0 Å². The standard InChI is InChI=1S/C11H18N2O/c1-4-9-13(5-2)10(14)11(3)7-6-8-12-11/h1,12H,5-9H2,2-3H3. The summed E-state index contributed by atoms with van der Waals surface area (Å²) < 4.78 is 0. The van der Waals surface area contributed by atoms with E-state index in [1.165, 1.54) is 0 Å². The van der Waals surface area contributed by atoms with E-state index in [2.05, 4.69) is 11.2 Å². The fourth-order valence-corrected chi connectivity index (χ4v) is 1.86. The summed E-state index contributed by atoms with van der Waals surface area (Å²) >= 11 is 0. The third-order valence-electron chi connectivity index (χ3n) is 2.79. The first kappa shape index (κ1) is 11.1. The quantitative estimate of drug-likeness (QED) is 0.668. The second kappa shape index (κ2) is 4.47. The highest BCUT2D eigenvalue weighted by molar-refractivity contribution is 5.86. The van der Waals surface area contributed by atoms with Gasteiger partial charge in [-0.25, -0.2) is 0 Å². The van der Waals surface area contributed by atoms with E-state index in [-0.39, 0.29) is 11.4 Å². The molecule has 0 aromatic carbocycles. The maximum absolute atomic E-state index is 12.1. The molecule has 1 amide bonds. The molecular formula is C11H18N2O. The maximum Gasteiger partial charge on any atom is 0.243 e. The van der Waals surface area contributed by atoms with Crippen molar-refractivity contribution in [1.82, 2.24) is 10.2 Å². The molecule has 1 heterocycles. The predicted molar refractivity (Wildman–Crippen MR) is 56.7 cm³/mol. The molecule has 0 saturated carbocycles. The summed E-state index contributed by atoms with van der Waals surface area (Å²) in [7, 11) is 0. The second-order valence-electron chi connectivity index (χ2n) is 3.89. The number of likely N-dealkylation sites (N-methyl/N-ethyl adjacent to an activating group) is 1. The number of nitrogens with one attached hydrogen (secondary N) is 1. The van der Waals surface area contributed by atoms with E-state index < -0.39 is 0 Å². The van der Waals surface area contributed by atoms with Gasteiger partial charge in [-0.1, -0.05) is 5.92 Å². The maximum atomic E-state index is 12.1. The Morgan fingerprint density at radius 2 is 2.43 bits per heavy atom. The SMILES string of the molecule is C#CCN(CC)C(=O)C1(C)CCCN1. The summed E-state index contributed by atoms with van der Waals surface area (Å²) in [5.41, 5.74) is -0.382. The molecular weight excluding hydrogens is 176 g/mol. The van der Waals surface area contributed by atoms with Crippen molar-refractivity contribution in [2.45, 2.75) is 32.2 Å². The Morgan fingerprint density at radius 3 is 2.86 bits per heavy atom. The highest BCUT2D eigenvalue weighted by Crippen LogP contribution is 2.20. The van der Waals surface area contributed by atoms with Crippen LogP contribution in [0.1, 0.15) is 26.7 Å². The Bertz CT molecular complexity index is 249. The van der Waals surface area contributed by atoms with E-state index in [0.717, 1.165) is 19.4 Å². The average Bonchev–Trinajstić information content (AvgIpc) is 2.62. The van der Waals surface area contributed by atoms with Crippen LogP contribution in [0.2, 0.25) is 0 Å². The summed E-state index contributed by atoms with van der Waals surface area (Å²) in [5.74, 6) is 2.65. The number of carbonyl (C=O) groups is 1. The van der Waals surface area contributed by atoms with Gasteiger partial charge in [-0.15, -0.1) is 6.42 Å². The molecule has 1 atom stereocenters. The summed E-state index contributed by atoms with van der Waals surface area (Å²) in [6.45, 7) is 5.93. The fourth-order valence-electron chi connectivity index (χ4n) is 1.86. The van der Waals surface area contributed by atoms with Crippen molar-refractivity contribution < 1.29 is 4.79 Å². The Kier molecular flexibility index (Phi) is 3.54. The predicted octanol–water partition coefficient (Wildman–Crippen LogP) is 0.610. The first-order valence-electron chi connectivity index (χ1n) is 5.12. The smallest absolute Gasteiger partial charge is 0.243 e. The van der Waals surface area contributed by atoms with Crippen LogP contribution in [-0.2, 0) is 4.79 Å². The van der Waals surface area contributed by atoms with Crippen LogP contribution >= 0.6 is 0 Å². The molecule has 78 valence electrons. The van der Waals surface area contributed by atoms with Gasteiger partial charge in [0.05, 0.1) is 12.1 Å². The van der Waals surface area contributed by atoms with Crippen LogP contribution in [0.5, 0.6) is 0 Å². The van der Waals surface area contributed by atoms with Gasteiger partial charge in [0, 0.05) is 6.54 Å². The zero-order chi connectivity index (χ0) is 10.6. The number of hydrogen-bond donors (Lipinski definition) is 1. The summed E-state index contributed by atoms with van der Waals surface area (Å²) in [5, 5.41) is 3.25. The molecule has 0 radical (unpaired) electrons. The molecule has 1 aliphatic rings. The molecule has 3 heteroatoms. The normalized spacial score (nSPS) is 25.8. The third-order valence-corrected chi connectivity index (χ3v) is 2.79. The number of hydrogen-bond acceptors (Lipinski definition) is 2. The van der Waals surface area contributed by atoms with Gasteiger partial charge in [0.2, 0.25) is 5.91 Å². The molecule has 14 heavy (non-hydrogen) atoms. The zero-order valence-electron chi connectivity index (χ0n) is 8.97. The van der Waals surface area contributed by atoms with Gasteiger partial charge in [0.15, 0.2) is 0 Å². The van der Waals surface area contributed by atoms with E-state index in [4.69, 9.17) is 6.42 Å². The first-order valence-corrected chi connectivity index (χ1v) is 5.12. The third kappa shape index (κ3) is 2.08. The first-order chi connectivity index (χ1) is 6.64. The van der Waals surface area contributed by atoms with E-state index in [0.29, 0.717) is 13.1 Å². The number of carbonyl (C=O) groups excluding carboxylic acids is 1. The number of nitrogens with zero attached hydrogens (tertiary/aromatic N) is 1. The molecule has 1 rings (SSSR count). The van der Waals surface area contributed by atoms with Gasteiger partial charge in [-0.3, -0.25) is 4.79 Å². The average molecular weight is 194 g/mol. The number of terminal acetylenes is 1. The van der Waals surface area contributed by atoms with Crippen molar-refractivity contribution in [2.24, 2.45) is 0 Å². The van der Waals surface area contributed by atoms with E-state index in [9.17, 15) is 4.79 Å². The molecule has 1 N–H and O–H groups in total. The molecule has 1 unspecified atom stereocenters. The van der Waals surface area contributed by atoms with Crippen LogP contribution in [-0.4, -0.2) is 36.0 Å². The topological polar surface area (TPSA) is 32.3 Å². The van der Waals surface area contributed by atoms with E-state index in [1.807, 2.05) is 13.8 Å². The van der Waals surface area contributed by atoms with Gasteiger partial charge in [0.1, 0.15) is 0 Å². The van der Waals surface area contributed by atoms with E-state index in [1.54, 1.807) is 4.90 Å². The van der Waals surface area contributed by atoms with Crippen molar-refractivity contribution in [3.8, 4) is 12.3 Å². The van der Waals surface area contributed by atoms with Crippen molar-refractivity contribution in [3.05, 3.63) is 0 Å². The lowest BCUT2D eigenvalue weighted by Crippen LogP contribution is -2.52. The molecule has 0 spiro atoms. The Hall–Kier alpha value is -1.01. The molecule has 0 bridgehead atoms. The molecule has 0 aliphatic carbocycles.